The van der Waals surface area contributed by atoms with Gasteiger partial charge in [-0.15, -0.1) is 0 Å². The van der Waals surface area contributed by atoms with E-state index < -0.39 is 5.97 Å². The number of nitrogens with one attached hydrogen (secondary N) is 1. The molecule has 240 valence electrons. The Labute approximate surface area is 265 Å². The zero-order valence-corrected chi connectivity index (χ0v) is 28.1. The largest absolute Gasteiger partial charge is 0.478 e. The summed E-state index contributed by atoms with van der Waals surface area (Å²) in [5.41, 5.74) is 10.3. The summed E-state index contributed by atoms with van der Waals surface area (Å²) in [6.45, 7) is 20.5. The van der Waals surface area contributed by atoms with Crippen molar-refractivity contribution in [2.45, 2.75) is 99.3 Å². The van der Waals surface area contributed by atoms with Crippen molar-refractivity contribution in [1.29, 1.82) is 0 Å². The number of carboxylic acids is 1. The molecule has 0 heterocycles. The van der Waals surface area contributed by atoms with Crippen molar-refractivity contribution in [2.75, 3.05) is 13.1 Å². The quantitative estimate of drug-likeness (QED) is 0.288. The lowest BCUT2D eigenvalue weighted by atomic mass is 9.32. The van der Waals surface area contributed by atoms with Crippen LogP contribution >= 0.6 is 0 Å². The Morgan fingerprint density at radius 3 is 2.27 bits per heavy atom. The second kappa shape index (κ2) is 10.6. The molecule has 4 N–H and O–H groups in total. The number of hydrogen-bond acceptors (Lipinski definition) is 3. The van der Waals surface area contributed by atoms with Crippen molar-refractivity contribution in [3.8, 4) is 0 Å². The number of fused-ring (bicyclic) bond motifs is 7. The monoisotopic (exact) mass is 600 g/mol. The molecular formula is C39H56N2O3. The summed E-state index contributed by atoms with van der Waals surface area (Å²) < 4.78 is 0. The van der Waals surface area contributed by atoms with E-state index in [9.17, 15) is 14.7 Å². The number of aromatic carboxylic acids is 1. The highest BCUT2D eigenvalue weighted by molar-refractivity contribution is 5.88. The second-order valence-electron chi connectivity index (χ2n) is 16.8. The van der Waals surface area contributed by atoms with Gasteiger partial charge < -0.3 is 16.2 Å². The Balaban J connectivity index is 1.35. The van der Waals surface area contributed by atoms with Gasteiger partial charge in [0.05, 0.1) is 11.0 Å². The fourth-order valence-electron chi connectivity index (χ4n) is 12.8. The molecule has 5 aliphatic rings. The average molecular weight is 601 g/mol. The molecule has 9 atom stereocenters. The molecule has 0 saturated heterocycles. The number of allylic oxidation sites excluding steroid dienone is 3. The molecule has 0 spiro atoms. The molecule has 1 amide bonds. The van der Waals surface area contributed by atoms with Gasteiger partial charge in [0, 0.05) is 13.1 Å². The maximum Gasteiger partial charge on any atom is 0.335 e. The molecule has 1 aromatic carbocycles. The lowest BCUT2D eigenvalue weighted by Crippen LogP contribution is -2.66. The Morgan fingerprint density at radius 2 is 1.64 bits per heavy atom. The van der Waals surface area contributed by atoms with Crippen LogP contribution in [0.25, 0.3) is 5.57 Å². The van der Waals surface area contributed by atoms with Crippen LogP contribution in [0.15, 0.2) is 42.5 Å². The van der Waals surface area contributed by atoms with Crippen LogP contribution in [-0.2, 0) is 4.79 Å². The molecule has 0 aromatic heterocycles. The van der Waals surface area contributed by atoms with E-state index in [-0.39, 0.29) is 33.0 Å². The zero-order chi connectivity index (χ0) is 31.9. The standard InChI is InChI=1S/C39H56N2O3/c1-24(2)27-14-19-39(34(44)41-23-22-40)21-20-37(6)29(32(27)39)12-13-31-36(5)17-15-28(25-8-10-26(11-9-25)33(42)43)35(3,4)30(36)16-18-38(31,37)7/h8-11,15,27,29-32H,1,12-14,16-23,40H2,2-7H3,(H,41,44)(H,42,43)/t27-,29?,30?,31?,32?,36-,37+,38+,39-/m0/s1. The van der Waals surface area contributed by atoms with E-state index in [4.69, 9.17) is 5.73 Å². The second-order valence-corrected chi connectivity index (χ2v) is 16.8. The molecule has 5 aliphatic carbocycles. The van der Waals surface area contributed by atoms with Crippen LogP contribution in [0.1, 0.15) is 115 Å². The summed E-state index contributed by atoms with van der Waals surface area (Å²) in [5.74, 6) is 1.88. The van der Waals surface area contributed by atoms with Crippen LogP contribution in [0, 0.1) is 56.7 Å². The predicted octanol–water partition coefficient (Wildman–Crippen LogP) is 8.11. The number of rotatable bonds is 6. The highest BCUT2D eigenvalue weighted by atomic mass is 16.4. The van der Waals surface area contributed by atoms with Gasteiger partial charge in [-0.25, -0.2) is 4.79 Å². The summed E-state index contributed by atoms with van der Waals surface area (Å²) in [4.78, 5) is 25.4. The van der Waals surface area contributed by atoms with Gasteiger partial charge in [0.1, 0.15) is 0 Å². The van der Waals surface area contributed by atoms with E-state index >= 15 is 0 Å². The summed E-state index contributed by atoms with van der Waals surface area (Å²) >= 11 is 0. The predicted molar refractivity (Wildman–Crippen MR) is 178 cm³/mol. The summed E-state index contributed by atoms with van der Waals surface area (Å²) in [7, 11) is 0. The van der Waals surface area contributed by atoms with Crippen LogP contribution in [0.3, 0.4) is 0 Å². The first-order valence-electron chi connectivity index (χ1n) is 17.4. The lowest BCUT2D eigenvalue weighted by Gasteiger charge is -2.72. The molecule has 0 bridgehead atoms. The summed E-state index contributed by atoms with van der Waals surface area (Å²) in [5, 5.41) is 12.7. The molecule has 5 nitrogen and oxygen atoms in total. The summed E-state index contributed by atoms with van der Waals surface area (Å²) in [6.07, 6.45) is 12.6. The van der Waals surface area contributed by atoms with Crippen LogP contribution in [0.5, 0.6) is 0 Å². The number of carbonyl (C=O) groups excluding carboxylic acids is 1. The van der Waals surface area contributed by atoms with Gasteiger partial charge in [-0.1, -0.05) is 65.0 Å². The van der Waals surface area contributed by atoms with E-state index in [1.54, 1.807) is 12.1 Å². The number of carboxylic acid groups (broad SMARTS) is 1. The molecule has 44 heavy (non-hydrogen) atoms. The van der Waals surface area contributed by atoms with E-state index in [2.05, 4.69) is 59.5 Å². The SMILES string of the molecule is C=C(C)[C@@H]1CC[C@]2(C(=O)NCCN)CC[C@]3(C)C(CCC4[C@@]5(C)CC=C(c6ccc(C(=O)O)cc6)C(C)(C)C5CC[C@]43C)C12. The Bertz CT molecular complexity index is 1380. The van der Waals surface area contributed by atoms with Gasteiger partial charge in [-0.3, -0.25) is 4.79 Å². The molecular weight excluding hydrogens is 544 g/mol. The van der Waals surface area contributed by atoms with Crippen molar-refractivity contribution in [2.24, 2.45) is 62.4 Å². The third kappa shape index (κ3) is 4.19. The third-order valence-corrected chi connectivity index (χ3v) is 15.0. The van der Waals surface area contributed by atoms with Crippen molar-refractivity contribution in [3.63, 3.8) is 0 Å². The van der Waals surface area contributed by atoms with E-state index in [0.717, 1.165) is 37.7 Å². The van der Waals surface area contributed by atoms with E-state index in [0.29, 0.717) is 48.2 Å². The molecule has 4 fully saturated rings. The van der Waals surface area contributed by atoms with E-state index in [1.165, 1.54) is 36.8 Å². The van der Waals surface area contributed by atoms with Crippen molar-refractivity contribution in [1.82, 2.24) is 5.32 Å². The van der Waals surface area contributed by atoms with Gasteiger partial charge in [0.25, 0.3) is 0 Å². The molecule has 4 saturated carbocycles. The molecule has 5 heteroatoms. The van der Waals surface area contributed by atoms with Gasteiger partial charge >= 0.3 is 5.97 Å². The van der Waals surface area contributed by atoms with Crippen LogP contribution in [-0.4, -0.2) is 30.1 Å². The third-order valence-electron chi connectivity index (χ3n) is 15.0. The maximum absolute atomic E-state index is 13.9. The minimum atomic E-state index is -0.875. The number of benzene rings is 1. The normalized spacial score (nSPS) is 42.2. The fourth-order valence-corrected chi connectivity index (χ4v) is 12.8. The topological polar surface area (TPSA) is 92.4 Å². The molecule has 6 rings (SSSR count). The highest BCUT2D eigenvalue weighted by Crippen LogP contribution is 2.77. The van der Waals surface area contributed by atoms with Crippen LogP contribution < -0.4 is 11.1 Å². The molecule has 0 radical (unpaired) electrons. The minimum absolute atomic E-state index is 0.00385. The highest BCUT2D eigenvalue weighted by Gasteiger charge is 2.71. The molecule has 4 unspecified atom stereocenters. The number of amides is 1. The minimum Gasteiger partial charge on any atom is -0.478 e. The van der Waals surface area contributed by atoms with Crippen LogP contribution in [0.2, 0.25) is 0 Å². The Morgan fingerprint density at radius 1 is 0.932 bits per heavy atom. The first kappa shape index (κ1) is 31.6. The summed E-state index contributed by atoms with van der Waals surface area (Å²) in [6, 6.07) is 7.53. The van der Waals surface area contributed by atoms with Crippen LogP contribution in [0.4, 0.5) is 0 Å². The van der Waals surface area contributed by atoms with Gasteiger partial charge in [0.2, 0.25) is 5.91 Å². The van der Waals surface area contributed by atoms with Gasteiger partial charge in [-0.05, 0) is 139 Å². The number of hydrogen-bond donors (Lipinski definition) is 3. The first-order valence-corrected chi connectivity index (χ1v) is 17.4. The van der Waals surface area contributed by atoms with Gasteiger partial charge in [-0.2, -0.15) is 0 Å². The Kier molecular flexibility index (Phi) is 7.59. The first-order chi connectivity index (χ1) is 20.7. The van der Waals surface area contributed by atoms with Crippen molar-refractivity contribution < 1.29 is 14.7 Å². The molecule has 1 aromatic rings. The Hall–Kier alpha value is -2.40. The maximum atomic E-state index is 13.9. The average Bonchev–Trinajstić information content (AvgIpc) is 3.37. The van der Waals surface area contributed by atoms with Crippen molar-refractivity contribution >= 4 is 17.4 Å². The fraction of sp³-hybridized carbons (Fsp3) is 0.692. The lowest BCUT2D eigenvalue weighted by molar-refractivity contribution is -0.225. The molecule has 0 aliphatic heterocycles. The zero-order valence-electron chi connectivity index (χ0n) is 28.1. The van der Waals surface area contributed by atoms with Gasteiger partial charge in [0.15, 0.2) is 0 Å². The number of carbonyl (C=O) groups is 2. The van der Waals surface area contributed by atoms with E-state index in [1.807, 2.05) is 12.1 Å². The number of nitrogens with two attached hydrogens (primary N) is 1. The van der Waals surface area contributed by atoms with Crippen molar-refractivity contribution in [3.05, 3.63) is 53.6 Å². The smallest absolute Gasteiger partial charge is 0.335 e.